The van der Waals surface area contributed by atoms with Crippen LogP contribution < -0.4 is 11.3 Å². The number of aromatic hydroxyl groups is 1. The topological polar surface area (TPSA) is 96.2 Å². The Bertz CT molecular complexity index is 703. The number of nitrogens with two attached hydrogens (primary N) is 1. The first-order valence-electron chi connectivity index (χ1n) is 6.21. The Labute approximate surface area is 124 Å². The van der Waals surface area contributed by atoms with Crippen molar-refractivity contribution in [3.05, 3.63) is 22.0 Å². The molecule has 0 saturated heterocycles. The van der Waals surface area contributed by atoms with Crippen LogP contribution in [0.4, 0.5) is 0 Å². The summed E-state index contributed by atoms with van der Waals surface area (Å²) in [4.78, 5) is 25.6. The second kappa shape index (κ2) is 5.88. The molecule has 20 heavy (non-hydrogen) atoms. The molecule has 0 fully saturated rings. The van der Waals surface area contributed by atoms with Crippen molar-refractivity contribution in [1.29, 1.82) is 0 Å². The molecule has 0 aromatic carbocycles. The molecule has 0 atom stereocenters. The predicted octanol–water partition coefficient (Wildman–Crippen LogP) is 2.53. The molecular weight excluding hydrogens is 296 g/mol. The maximum Gasteiger partial charge on any atom is 0.252 e. The maximum absolute atomic E-state index is 11.6. The highest BCUT2D eigenvalue weighted by atomic mass is 32.2. The van der Waals surface area contributed by atoms with E-state index in [9.17, 15) is 14.7 Å². The summed E-state index contributed by atoms with van der Waals surface area (Å²) in [6.07, 6.45) is 1.01. The SMILES string of the molecule is CC(C)CCSc1sc2c(O)cc(=O)[nH]c2c1C(N)=O. The van der Waals surface area contributed by atoms with E-state index in [4.69, 9.17) is 5.73 Å². The van der Waals surface area contributed by atoms with E-state index in [0.29, 0.717) is 21.7 Å². The third-order valence-electron chi connectivity index (χ3n) is 2.80. The van der Waals surface area contributed by atoms with E-state index in [1.807, 2.05) is 0 Å². The van der Waals surface area contributed by atoms with Gasteiger partial charge in [-0.3, -0.25) is 9.59 Å². The number of carbonyl (C=O) groups excluding carboxylic acids is 1. The summed E-state index contributed by atoms with van der Waals surface area (Å²) in [5, 5.41) is 9.81. The Hall–Kier alpha value is -1.47. The number of hydrogen-bond donors (Lipinski definition) is 3. The van der Waals surface area contributed by atoms with Crippen molar-refractivity contribution >= 4 is 39.2 Å². The minimum atomic E-state index is -0.593. The molecule has 0 bridgehead atoms. The van der Waals surface area contributed by atoms with Gasteiger partial charge in [-0.2, -0.15) is 0 Å². The van der Waals surface area contributed by atoms with Crippen molar-refractivity contribution in [2.45, 2.75) is 24.5 Å². The lowest BCUT2D eigenvalue weighted by molar-refractivity contribution is 0.0999. The number of aromatic amines is 1. The molecule has 0 radical (unpaired) electrons. The lowest BCUT2D eigenvalue weighted by Gasteiger charge is -2.03. The zero-order chi connectivity index (χ0) is 14.9. The van der Waals surface area contributed by atoms with E-state index in [-0.39, 0.29) is 5.75 Å². The molecule has 0 unspecified atom stereocenters. The number of aromatic nitrogens is 1. The van der Waals surface area contributed by atoms with Gasteiger partial charge in [-0.25, -0.2) is 0 Å². The number of hydrogen-bond acceptors (Lipinski definition) is 5. The number of carbonyl (C=O) groups is 1. The van der Waals surface area contributed by atoms with Crippen LogP contribution in [0.3, 0.4) is 0 Å². The zero-order valence-corrected chi connectivity index (χ0v) is 12.9. The number of amides is 1. The lowest BCUT2D eigenvalue weighted by Crippen LogP contribution is -2.13. The minimum absolute atomic E-state index is 0.119. The molecule has 0 aliphatic rings. The summed E-state index contributed by atoms with van der Waals surface area (Å²) in [5.41, 5.74) is 5.59. The van der Waals surface area contributed by atoms with Crippen LogP contribution in [0.2, 0.25) is 0 Å². The van der Waals surface area contributed by atoms with Gasteiger partial charge in [0.2, 0.25) is 0 Å². The van der Waals surface area contributed by atoms with Gasteiger partial charge in [-0.05, 0) is 18.1 Å². The molecule has 2 heterocycles. The summed E-state index contributed by atoms with van der Waals surface area (Å²) in [7, 11) is 0. The fourth-order valence-corrected chi connectivity index (χ4v) is 4.54. The van der Waals surface area contributed by atoms with Gasteiger partial charge in [-0.1, -0.05) is 13.8 Å². The lowest BCUT2D eigenvalue weighted by atomic mass is 10.2. The summed E-state index contributed by atoms with van der Waals surface area (Å²) in [5.74, 6) is 0.717. The van der Waals surface area contributed by atoms with Gasteiger partial charge >= 0.3 is 0 Å². The number of thiophene rings is 1. The molecule has 0 saturated carbocycles. The molecule has 2 aromatic rings. The molecule has 108 valence electrons. The summed E-state index contributed by atoms with van der Waals surface area (Å²) >= 11 is 2.81. The van der Waals surface area contributed by atoms with Gasteiger partial charge in [0.1, 0.15) is 5.75 Å². The average Bonchev–Trinajstić information content (AvgIpc) is 2.67. The van der Waals surface area contributed by atoms with Crippen LogP contribution in [0, 0.1) is 5.92 Å². The highest BCUT2D eigenvalue weighted by Crippen LogP contribution is 2.40. The largest absolute Gasteiger partial charge is 0.506 e. The molecule has 2 rings (SSSR count). The molecule has 0 aliphatic carbocycles. The van der Waals surface area contributed by atoms with E-state index in [0.717, 1.165) is 22.4 Å². The maximum atomic E-state index is 11.6. The first kappa shape index (κ1) is 14.9. The Balaban J connectivity index is 2.48. The molecule has 1 amide bonds. The number of H-pyrrole nitrogens is 1. The van der Waals surface area contributed by atoms with Crippen LogP contribution in [0.1, 0.15) is 30.6 Å². The molecule has 7 heteroatoms. The number of thioether (sulfide) groups is 1. The molecule has 0 spiro atoms. The van der Waals surface area contributed by atoms with Crippen molar-refractivity contribution in [2.75, 3.05) is 5.75 Å². The van der Waals surface area contributed by atoms with Crippen LogP contribution in [-0.4, -0.2) is 21.8 Å². The fraction of sp³-hybridized carbons (Fsp3) is 0.385. The second-order valence-electron chi connectivity index (χ2n) is 4.88. The Morgan fingerprint density at radius 1 is 1.55 bits per heavy atom. The van der Waals surface area contributed by atoms with Crippen molar-refractivity contribution in [2.24, 2.45) is 11.7 Å². The predicted molar refractivity (Wildman–Crippen MR) is 82.8 cm³/mol. The Kier molecular flexibility index (Phi) is 4.39. The number of fused-ring (bicyclic) bond motifs is 1. The molecule has 0 aliphatic heterocycles. The summed E-state index contributed by atoms with van der Waals surface area (Å²) < 4.78 is 1.23. The number of primary amides is 1. The van der Waals surface area contributed by atoms with Gasteiger partial charge < -0.3 is 15.8 Å². The highest BCUT2D eigenvalue weighted by Gasteiger charge is 2.20. The number of pyridine rings is 1. The van der Waals surface area contributed by atoms with E-state index >= 15 is 0 Å². The first-order valence-corrected chi connectivity index (χ1v) is 8.01. The van der Waals surface area contributed by atoms with E-state index < -0.39 is 11.5 Å². The first-order chi connectivity index (χ1) is 9.40. The molecule has 4 N–H and O–H groups in total. The van der Waals surface area contributed by atoms with Crippen molar-refractivity contribution in [1.82, 2.24) is 4.98 Å². The van der Waals surface area contributed by atoms with Gasteiger partial charge in [0, 0.05) is 6.07 Å². The molecule has 2 aromatic heterocycles. The van der Waals surface area contributed by atoms with Crippen LogP contribution >= 0.6 is 23.1 Å². The molecule has 5 nitrogen and oxygen atoms in total. The minimum Gasteiger partial charge on any atom is -0.506 e. The smallest absolute Gasteiger partial charge is 0.252 e. The van der Waals surface area contributed by atoms with Crippen LogP contribution in [0.25, 0.3) is 10.2 Å². The van der Waals surface area contributed by atoms with Crippen molar-refractivity contribution < 1.29 is 9.90 Å². The van der Waals surface area contributed by atoms with Gasteiger partial charge in [0.15, 0.2) is 0 Å². The quantitative estimate of drug-likeness (QED) is 0.739. The van der Waals surface area contributed by atoms with Crippen LogP contribution in [-0.2, 0) is 0 Å². The fourth-order valence-electron chi connectivity index (χ4n) is 1.77. The van der Waals surface area contributed by atoms with Crippen LogP contribution in [0.15, 0.2) is 15.1 Å². The number of rotatable bonds is 5. The summed E-state index contributed by atoms with van der Waals surface area (Å²) in [6.45, 7) is 4.26. The van der Waals surface area contributed by atoms with E-state index in [2.05, 4.69) is 18.8 Å². The Morgan fingerprint density at radius 2 is 2.25 bits per heavy atom. The zero-order valence-electron chi connectivity index (χ0n) is 11.2. The monoisotopic (exact) mass is 312 g/mol. The van der Waals surface area contributed by atoms with Crippen molar-refractivity contribution in [3.8, 4) is 5.75 Å². The average molecular weight is 312 g/mol. The standard InChI is InChI=1S/C13H16N2O3S2/c1-6(2)3-4-19-13-9(12(14)18)10-11(20-13)7(16)5-8(17)15-10/h5-6H,3-4H2,1-2H3,(H2,14,18)(H2,15,16,17). The third-order valence-corrected chi connectivity index (χ3v) is 5.32. The van der Waals surface area contributed by atoms with Crippen molar-refractivity contribution in [3.63, 3.8) is 0 Å². The van der Waals surface area contributed by atoms with Gasteiger partial charge in [-0.15, -0.1) is 23.1 Å². The second-order valence-corrected chi connectivity index (χ2v) is 7.27. The van der Waals surface area contributed by atoms with Gasteiger partial charge in [0.05, 0.1) is 20.0 Å². The van der Waals surface area contributed by atoms with Crippen LogP contribution in [0.5, 0.6) is 5.75 Å². The Morgan fingerprint density at radius 3 is 2.85 bits per heavy atom. The molecular formula is C13H16N2O3S2. The highest BCUT2D eigenvalue weighted by molar-refractivity contribution is 8.01. The summed E-state index contributed by atoms with van der Waals surface area (Å²) in [6, 6.07) is 1.10. The third kappa shape index (κ3) is 2.99. The van der Waals surface area contributed by atoms with E-state index in [1.165, 1.54) is 23.1 Å². The number of nitrogens with one attached hydrogen (secondary N) is 1. The van der Waals surface area contributed by atoms with Gasteiger partial charge in [0.25, 0.3) is 11.5 Å². The normalized spacial score (nSPS) is 11.3. The van der Waals surface area contributed by atoms with E-state index in [1.54, 1.807) is 0 Å².